The third kappa shape index (κ3) is 3.45. The van der Waals surface area contributed by atoms with Crippen LogP contribution in [0.5, 0.6) is 0 Å². The lowest BCUT2D eigenvalue weighted by molar-refractivity contribution is 0.178. The fourth-order valence-corrected chi connectivity index (χ4v) is 2.06. The maximum absolute atomic E-state index is 5.73. The van der Waals surface area contributed by atoms with Gasteiger partial charge in [-0.05, 0) is 13.3 Å². The van der Waals surface area contributed by atoms with Crippen LogP contribution in [0.4, 0.5) is 11.6 Å². The third-order valence-electron chi connectivity index (χ3n) is 2.68. The van der Waals surface area contributed by atoms with Crippen LogP contribution in [0, 0.1) is 0 Å². The molecule has 1 fully saturated rings. The standard InChI is InChI=1S/C10H18N6S/c1-15-3-5-16(6-4-15)14-9-7-8(11)12-10(13-9)17-2/h7H,3-6H2,1-2H3,(H3,11,12,13,14). The summed E-state index contributed by atoms with van der Waals surface area (Å²) >= 11 is 1.49. The van der Waals surface area contributed by atoms with E-state index >= 15 is 0 Å². The van der Waals surface area contributed by atoms with Crippen molar-refractivity contribution in [1.29, 1.82) is 0 Å². The summed E-state index contributed by atoms with van der Waals surface area (Å²) in [6, 6.07) is 1.76. The first-order chi connectivity index (χ1) is 8.17. The van der Waals surface area contributed by atoms with Crippen LogP contribution in [0.25, 0.3) is 0 Å². The summed E-state index contributed by atoms with van der Waals surface area (Å²) in [5, 5.41) is 2.85. The summed E-state index contributed by atoms with van der Waals surface area (Å²) in [6.07, 6.45) is 1.94. The van der Waals surface area contributed by atoms with Crippen molar-refractivity contribution < 1.29 is 0 Å². The summed E-state index contributed by atoms with van der Waals surface area (Å²) in [5.74, 6) is 1.27. The molecule has 17 heavy (non-hydrogen) atoms. The van der Waals surface area contributed by atoms with E-state index in [1.54, 1.807) is 6.07 Å². The molecule has 1 aliphatic rings. The molecule has 2 heterocycles. The van der Waals surface area contributed by atoms with Crippen molar-refractivity contribution >= 4 is 23.4 Å². The molecule has 7 heteroatoms. The van der Waals surface area contributed by atoms with Gasteiger partial charge in [0.1, 0.15) is 11.6 Å². The molecule has 1 aliphatic heterocycles. The molecule has 3 N–H and O–H groups in total. The van der Waals surface area contributed by atoms with Gasteiger partial charge in [0, 0.05) is 32.2 Å². The normalized spacial score (nSPS) is 18.2. The van der Waals surface area contributed by atoms with Crippen LogP contribution < -0.4 is 11.2 Å². The van der Waals surface area contributed by atoms with Gasteiger partial charge in [-0.3, -0.25) is 0 Å². The minimum atomic E-state index is 0.501. The molecular formula is C10H18N6S. The highest BCUT2D eigenvalue weighted by Crippen LogP contribution is 2.16. The number of thioether (sulfide) groups is 1. The Hall–Kier alpha value is -1.05. The highest BCUT2D eigenvalue weighted by Gasteiger charge is 2.14. The van der Waals surface area contributed by atoms with E-state index in [0.29, 0.717) is 11.0 Å². The zero-order valence-electron chi connectivity index (χ0n) is 10.2. The molecule has 0 bridgehead atoms. The van der Waals surface area contributed by atoms with Gasteiger partial charge in [-0.25, -0.2) is 15.0 Å². The zero-order chi connectivity index (χ0) is 12.3. The van der Waals surface area contributed by atoms with E-state index in [1.807, 2.05) is 6.26 Å². The highest BCUT2D eigenvalue weighted by atomic mass is 32.2. The molecule has 1 saturated heterocycles. The molecule has 0 unspecified atom stereocenters. The number of aromatic nitrogens is 2. The Morgan fingerprint density at radius 2 is 2.00 bits per heavy atom. The molecule has 0 aromatic carbocycles. The Morgan fingerprint density at radius 1 is 1.29 bits per heavy atom. The van der Waals surface area contributed by atoms with Gasteiger partial charge < -0.3 is 16.1 Å². The van der Waals surface area contributed by atoms with Crippen LogP contribution in [0.3, 0.4) is 0 Å². The van der Waals surface area contributed by atoms with Crippen LogP contribution >= 0.6 is 11.8 Å². The summed E-state index contributed by atoms with van der Waals surface area (Å²) < 4.78 is 0. The zero-order valence-corrected chi connectivity index (χ0v) is 11.0. The van der Waals surface area contributed by atoms with E-state index < -0.39 is 0 Å². The largest absolute Gasteiger partial charge is 0.383 e. The summed E-state index contributed by atoms with van der Waals surface area (Å²) in [4.78, 5) is 10.8. The minimum absolute atomic E-state index is 0.501. The molecule has 1 aromatic heterocycles. The van der Waals surface area contributed by atoms with Crippen molar-refractivity contribution in [3.05, 3.63) is 6.07 Å². The SMILES string of the molecule is CSc1nc(N)cc(NN2CCN(C)CC2)n1. The second kappa shape index (κ2) is 5.52. The average molecular weight is 254 g/mol. The smallest absolute Gasteiger partial charge is 0.191 e. The molecule has 0 aliphatic carbocycles. The Balaban J connectivity index is 2.00. The van der Waals surface area contributed by atoms with Gasteiger partial charge in [0.05, 0.1) is 0 Å². The van der Waals surface area contributed by atoms with Crippen molar-refractivity contribution in [2.75, 3.05) is 50.6 Å². The molecule has 94 valence electrons. The predicted molar refractivity (Wildman–Crippen MR) is 70.9 cm³/mol. The van der Waals surface area contributed by atoms with Gasteiger partial charge in [0.15, 0.2) is 5.16 Å². The molecule has 0 saturated carbocycles. The van der Waals surface area contributed by atoms with Crippen LogP contribution in [-0.2, 0) is 0 Å². The third-order valence-corrected chi connectivity index (χ3v) is 3.23. The number of likely N-dealkylation sites (N-methyl/N-ethyl adjacent to an activating group) is 1. The van der Waals surface area contributed by atoms with Crippen molar-refractivity contribution in [3.8, 4) is 0 Å². The first-order valence-corrected chi connectivity index (χ1v) is 6.78. The van der Waals surface area contributed by atoms with Gasteiger partial charge in [-0.2, -0.15) is 0 Å². The van der Waals surface area contributed by atoms with E-state index in [-0.39, 0.29) is 0 Å². The quantitative estimate of drug-likeness (QED) is 0.596. The van der Waals surface area contributed by atoms with Gasteiger partial charge in [-0.15, -0.1) is 0 Å². The second-order valence-electron chi connectivity index (χ2n) is 4.07. The van der Waals surface area contributed by atoms with Crippen molar-refractivity contribution in [2.45, 2.75) is 5.16 Å². The second-order valence-corrected chi connectivity index (χ2v) is 4.84. The number of piperazine rings is 1. The average Bonchev–Trinajstić information content (AvgIpc) is 2.31. The van der Waals surface area contributed by atoms with E-state index in [1.165, 1.54) is 11.8 Å². The number of nitrogens with one attached hydrogen (secondary N) is 1. The number of hydrogen-bond acceptors (Lipinski definition) is 7. The maximum atomic E-state index is 5.73. The van der Waals surface area contributed by atoms with E-state index in [2.05, 4.69) is 32.4 Å². The Kier molecular flexibility index (Phi) is 4.03. The monoisotopic (exact) mass is 254 g/mol. The predicted octanol–water partition coefficient (Wildman–Crippen LogP) is 0.355. The molecule has 1 aromatic rings. The summed E-state index contributed by atoms with van der Waals surface area (Å²) in [5.41, 5.74) is 9.01. The van der Waals surface area contributed by atoms with Crippen LogP contribution in [0.15, 0.2) is 11.2 Å². The molecule has 0 amide bonds. The first kappa shape index (κ1) is 12.4. The fraction of sp³-hybridized carbons (Fsp3) is 0.600. The number of nitrogen functional groups attached to an aromatic ring is 1. The lowest BCUT2D eigenvalue weighted by Gasteiger charge is -2.32. The minimum Gasteiger partial charge on any atom is -0.383 e. The van der Waals surface area contributed by atoms with Gasteiger partial charge in [0.25, 0.3) is 0 Å². The van der Waals surface area contributed by atoms with Crippen molar-refractivity contribution in [3.63, 3.8) is 0 Å². The molecular weight excluding hydrogens is 236 g/mol. The molecule has 6 nitrogen and oxygen atoms in total. The van der Waals surface area contributed by atoms with Gasteiger partial charge in [0.2, 0.25) is 0 Å². The van der Waals surface area contributed by atoms with Gasteiger partial charge >= 0.3 is 0 Å². The van der Waals surface area contributed by atoms with Crippen LogP contribution in [0.2, 0.25) is 0 Å². The number of rotatable bonds is 3. The molecule has 0 spiro atoms. The number of nitrogens with zero attached hydrogens (tertiary/aromatic N) is 4. The number of anilines is 2. The van der Waals surface area contributed by atoms with Gasteiger partial charge in [-0.1, -0.05) is 11.8 Å². The fourth-order valence-electron chi connectivity index (χ4n) is 1.67. The number of hydrogen-bond donors (Lipinski definition) is 2. The summed E-state index contributed by atoms with van der Waals surface area (Å²) in [6.45, 7) is 4.08. The lowest BCUT2D eigenvalue weighted by atomic mass is 10.4. The first-order valence-electron chi connectivity index (χ1n) is 5.56. The van der Waals surface area contributed by atoms with Crippen molar-refractivity contribution in [2.24, 2.45) is 0 Å². The lowest BCUT2D eigenvalue weighted by Crippen LogP contribution is -2.47. The molecule has 2 rings (SSSR count). The van der Waals surface area contributed by atoms with Crippen molar-refractivity contribution in [1.82, 2.24) is 19.9 Å². The van der Waals surface area contributed by atoms with Crippen LogP contribution in [-0.4, -0.2) is 59.4 Å². The van der Waals surface area contributed by atoms with Crippen LogP contribution in [0.1, 0.15) is 0 Å². The summed E-state index contributed by atoms with van der Waals surface area (Å²) in [7, 11) is 2.13. The topological polar surface area (TPSA) is 70.3 Å². The Morgan fingerprint density at radius 3 is 2.65 bits per heavy atom. The number of nitrogens with two attached hydrogens (primary N) is 1. The maximum Gasteiger partial charge on any atom is 0.191 e. The van der Waals surface area contributed by atoms with E-state index in [4.69, 9.17) is 5.73 Å². The molecule has 0 atom stereocenters. The Bertz CT molecular complexity index is 377. The van der Waals surface area contributed by atoms with E-state index in [9.17, 15) is 0 Å². The van der Waals surface area contributed by atoms with E-state index in [0.717, 1.165) is 32.0 Å². The highest BCUT2D eigenvalue weighted by molar-refractivity contribution is 7.98. The Labute approximate surface area is 106 Å². The molecule has 0 radical (unpaired) electrons. The number of hydrazine groups is 1.